The minimum atomic E-state index is -0.826. The molecule has 2 unspecified atom stereocenters. The number of halogens is 3. The molecule has 34 heavy (non-hydrogen) atoms. The third-order valence-corrected chi connectivity index (χ3v) is 6.91. The van der Waals surface area contributed by atoms with Crippen molar-refractivity contribution in [2.24, 2.45) is 0 Å². The van der Waals surface area contributed by atoms with E-state index in [-0.39, 0.29) is 17.3 Å². The van der Waals surface area contributed by atoms with E-state index in [2.05, 4.69) is 6.92 Å². The number of rotatable bonds is 8. The highest BCUT2D eigenvalue weighted by atomic mass is 19.2. The predicted octanol–water partition coefficient (Wildman–Crippen LogP) is 8.84. The minimum absolute atomic E-state index is 0.220. The lowest BCUT2D eigenvalue weighted by molar-refractivity contribution is -0.00115. The van der Waals surface area contributed by atoms with Gasteiger partial charge in [-0.15, -0.1) is 0 Å². The second kappa shape index (κ2) is 11.2. The first-order valence-electron chi connectivity index (χ1n) is 12.5. The summed E-state index contributed by atoms with van der Waals surface area (Å²) >= 11 is 0. The highest BCUT2D eigenvalue weighted by Gasteiger charge is 2.23. The summed E-state index contributed by atoms with van der Waals surface area (Å²) in [6, 6.07) is 15.6. The van der Waals surface area contributed by atoms with Crippen LogP contribution in [0.5, 0.6) is 0 Å². The van der Waals surface area contributed by atoms with Gasteiger partial charge in [0.15, 0.2) is 11.6 Å². The summed E-state index contributed by atoms with van der Waals surface area (Å²) in [4.78, 5) is 0. The van der Waals surface area contributed by atoms with E-state index in [0.717, 1.165) is 44.1 Å². The molecular weight excluding hydrogens is 433 g/mol. The quantitative estimate of drug-likeness (QED) is 0.322. The van der Waals surface area contributed by atoms with Gasteiger partial charge in [0.2, 0.25) is 0 Å². The van der Waals surface area contributed by atoms with E-state index in [1.807, 2.05) is 13.0 Å². The van der Waals surface area contributed by atoms with E-state index in [1.165, 1.54) is 0 Å². The predicted molar refractivity (Wildman–Crippen MR) is 132 cm³/mol. The highest BCUT2D eigenvalue weighted by molar-refractivity contribution is 5.71. The second-order valence-corrected chi connectivity index (χ2v) is 9.34. The van der Waals surface area contributed by atoms with Crippen molar-refractivity contribution in [2.75, 3.05) is 6.61 Å². The zero-order valence-corrected chi connectivity index (χ0v) is 20.0. The Labute approximate surface area is 201 Å². The molecule has 1 aliphatic rings. The fourth-order valence-electron chi connectivity index (χ4n) is 4.84. The number of benzene rings is 3. The third kappa shape index (κ3) is 5.38. The maximum Gasteiger partial charge on any atom is 0.166 e. The van der Waals surface area contributed by atoms with Gasteiger partial charge in [0, 0.05) is 17.0 Å². The summed E-state index contributed by atoms with van der Waals surface area (Å²) in [5, 5.41) is 0. The first-order valence-corrected chi connectivity index (χ1v) is 12.5. The van der Waals surface area contributed by atoms with Gasteiger partial charge in [-0.3, -0.25) is 0 Å². The molecule has 180 valence electrons. The summed E-state index contributed by atoms with van der Waals surface area (Å²) in [5.41, 5.74) is 3.37. The maximum absolute atomic E-state index is 15.0. The number of aryl methyl sites for hydroxylation is 1. The van der Waals surface area contributed by atoms with E-state index < -0.39 is 11.6 Å². The molecule has 0 amide bonds. The molecule has 0 spiro atoms. The van der Waals surface area contributed by atoms with Gasteiger partial charge in [-0.25, -0.2) is 13.2 Å². The van der Waals surface area contributed by atoms with E-state index in [0.29, 0.717) is 41.4 Å². The van der Waals surface area contributed by atoms with Gasteiger partial charge in [-0.1, -0.05) is 75.2 Å². The van der Waals surface area contributed by atoms with E-state index >= 15 is 4.39 Å². The molecule has 1 aliphatic heterocycles. The smallest absolute Gasteiger partial charge is 0.166 e. The van der Waals surface area contributed by atoms with Gasteiger partial charge in [0.05, 0.1) is 12.7 Å². The summed E-state index contributed by atoms with van der Waals surface area (Å²) in [6.07, 6.45) is 6.82. The Balaban J connectivity index is 1.50. The Kier molecular flexibility index (Phi) is 8.10. The lowest BCUT2D eigenvalue weighted by atomic mass is 9.89. The Morgan fingerprint density at radius 2 is 1.50 bits per heavy atom. The molecule has 2 atom stereocenters. The van der Waals surface area contributed by atoms with Crippen molar-refractivity contribution in [3.63, 3.8) is 0 Å². The molecule has 0 aromatic heterocycles. The lowest BCUT2D eigenvalue weighted by Gasteiger charge is -2.29. The SMILES string of the molecule is CCCCc1ccc(-c2ccc(-c3ccc(C4CCC(CCC)OC4)cc3F)cc2)c(F)c1F. The zero-order chi connectivity index (χ0) is 24.1. The number of ether oxygens (including phenoxy) is 1. The summed E-state index contributed by atoms with van der Waals surface area (Å²) in [6.45, 7) is 4.82. The van der Waals surface area contributed by atoms with Crippen LogP contribution in [0.4, 0.5) is 13.2 Å². The third-order valence-electron chi connectivity index (χ3n) is 6.91. The standard InChI is InChI=1S/C30H33F3O/c1-3-5-7-22-13-17-27(30(33)29(22)32)21-10-8-20(9-11-21)26-16-14-23(18-28(26)31)24-12-15-25(6-4-2)34-19-24/h8-11,13-14,16-18,24-25H,3-7,12,15,19H2,1-2H3. The van der Waals surface area contributed by atoms with Crippen molar-refractivity contribution in [1.29, 1.82) is 0 Å². The van der Waals surface area contributed by atoms with Crippen molar-refractivity contribution < 1.29 is 17.9 Å². The monoisotopic (exact) mass is 466 g/mol. The fraction of sp³-hybridized carbons (Fsp3) is 0.400. The van der Waals surface area contributed by atoms with Crippen LogP contribution in [0.3, 0.4) is 0 Å². The van der Waals surface area contributed by atoms with Crippen LogP contribution in [-0.4, -0.2) is 12.7 Å². The minimum Gasteiger partial charge on any atom is -0.378 e. The van der Waals surface area contributed by atoms with E-state index in [1.54, 1.807) is 48.5 Å². The average Bonchev–Trinajstić information content (AvgIpc) is 2.86. The van der Waals surface area contributed by atoms with E-state index in [4.69, 9.17) is 4.74 Å². The molecule has 0 saturated carbocycles. The van der Waals surface area contributed by atoms with Gasteiger partial charge in [0.25, 0.3) is 0 Å². The number of hydrogen-bond donors (Lipinski definition) is 0. The molecule has 1 heterocycles. The van der Waals surface area contributed by atoms with Gasteiger partial charge in [-0.05, 0) is 60.4 Å². The molecule has 0 bridgehead atoms. The fourth-order valence-corrected chi connectivity index (χ4v) is 4.84. The molecule has 0 aliphatic carbocycles. The molecule has 3 aromatic rings. The van der Waals surface area contributed by atoms with Crippen LogP contribution in [0.25, 0.3) is 22.3 Å². The molecular formula is C30H33F3O. The topological polar surface area (TPSA) is 9.23 Å². The molecule has 4 heteroatoms. The molecule has 3 aromatic carbocycles. The van der Waals surface area contributed by atoms with Crippen molar-refractivity contribution in [3.05, 3.63) is 83.2 Å². The first-order chi connectivity index (χ1) is 16.5. The van der Waals surface area contributed by atoms with Crippen LogP contribution in [0.1, 0.15) is 69.4 Å². The number of unbranched alkanes of at least 4 members (excludes halogenated alkanes) is 1. The molecule has 4 rings (SSSR count). The van der Waals surface area contributed by atoms with Crippen LogP contribution in [-0.2, 0) is 11.2 Å². The first kappa shape index (κ1) is 24.5. The Hall–Kier alpha value is -2.59. The summed E-state index contributed by atoms with van der Waals surface area (Å²) < 4.78 is 50.2. The Morgan fingerprint density at radius 3 is 2.12 bits per heavy atom. The van der Waals surface area contributed by atoms with Crippen molar-refractivity contribution in [2.45, 2.75) is 70.8 Å². The van der Waals surface area contributed by atoms with Crippen LogP contribution in [0.2, 0.25) is 0 Å². The zero-order valence-electron chi connectivity index (χ0n) is 20.0. The molecule has 1 nitrogen and oxygen atoms in total. The van der Waals surface area contributed by atoms with Crippen molar-refractivity contribution in [3.8, 4) is 22.3 Å². The molecule has 0 N–H and O–H groups in total. The van der Waals surface area contributed by atoms with Crippen LogP contribution >= 0.6 is 0 Å². The van der Waals surface area contributed by atoms with Gasteiger partial charge in [0.1, 0.15) is 5.82 Å². The van der Waals surface area contributed by atoms with Crippen molar-refractivity contribution in [1.82, 2.24) is 0 Å². The normalized spacial score (nSPS) is 18.3. The summed E-state index contributed by atoms with van der Waals surface area (Å²) in [5.74, 6) is -1.66. The molecule has 0 radical (unpaired) electrons. The van der Waals surface area contributed by atoms with Gasteiger partial charge < -0.3 is 4.74 Å². The average molecular weight is 467 g/mol. The van der Waals surface area contributed by atoms with Crippen LogP contribution in [0.15, 0.2) is 54.6 Å². The Morgan fingerprint density at radius 1 is 0.794 bits per heavy atom. The Bertz CT molecular complexity index is 1100. The summed E-state index contributed by atoms with van der Waals surface area (Å²) in [7, 11) is 0. The lowest BCUT2D eigenvalue weighted by Crippen LogP contribution is -2.24. The van der Waals surface area contributed by atoms with E-state index in [9.17, 15) is 8.78 Å². The van der Waals surface area contributed by atoms with Gasteiger partial charge >= 0.3 is 0 Å². The van der Waals surface area contributed by atoms with Crippen LogP contribution in [0, 0.1) is 17.5 Å². The highest BCUT2D eigenvalue weighted by Crippen LogP contribution is 2.34. The van der Waals surface area contributed by atoms with Crippen molar-refractivity contribution >= 4 is 0 Å². The maximum atomic E-state index is 15.0. The van der Waals surface area contributed by atoms with Crippen LogP contribution < -0.4 is 0 Å². The number of hydrogen-bond acceptors (Lipinski definition) is 1. The largest absolute Gasteiger partial charge is 0.378 e. The molecule has 1 fully saturated rings. The molecule has 1 saturated heterocycles. The van der Waals surface area contributed by atoms with Gasteiger partial charge in [-0.2, -0.15) is 0 Å². The second-order valence-electron chi connectivity index (χ2n) is 9.34.